The molecule has 5 rings (SSSR count). The average molecular weight is 756 g/mol. The van der Waals surface area contributed by atoms with Crippen molar-refractivity contribution < 1.29 is 68.1 Å². The summed E-state index contributed by atoms with van der Waals surface area (Å²) >= 11 is 0. The Hall–Kier alpha value is -5.59. The number of anilines is 1. The van der Waals surface area contributed by atoms with Gasteiger partial charge in [-0.1, -0.05) is 18.2 Å². The standard InChI is InChI=1S/C33H27F6N3O9S/c1-17-12-18(14-52(46,47)41-30(44)27(43)25-22(48-2)7-4-8-23(25)49-3)9-10-21(17)42-13-20-24(31(42)45)28(50-15-32(34,35)36)19-6-5-11-40-26(19)29(20)51-16-33(37,38)39/h4-12H,13-16H2,1-3H3,(H,41,44). The first kappa shape index (κ1) is 37.7. The largest absolute Gasteiger partial charge is 0.496 e. The van der Waals surface area contributed by atoms with Gasteiger partial charge in [-0.05, 0) is 48.4 Å². The van der Waals surface area contributed by atoms with Gasteiger partial charge in [-0.3, -0.25) is 19.4 Å². The van der Waals surface area contributed by atoms with Crippen LogP contribution in [0, 0.1) is 6.92 Å². The van der Waals surface area contributed by atoms with E-state index in [9.17, 15) is 49.1 Å². The van der Waals surface area contributed by atoms with E-state index in [4.69, 9.17) is 18.9 Å². The molecular weight excluding hydrogens is 728 g/mol. The first-order valence-electron chi connectivity index (χ1n) is 14.9. The molecule has 1 aromatic heterocycles. The third-order valence-electron chi connectivity index (χ3n) is 7.62. The molecule has 1 N–H and O–H groups in total. The first-order chi connectivity index (χ1) is 24.3. The van der Waals surface area contributed by atoms with E-state index in [-0.39, 0.29) is 50.3 Å². The van der Waals surface area contributed by atoms with Crippen LogP contribution in [-0.4, -0.2) is 70.8 Å². The average Bonchev–Trinajstić information content (AvgIpc) is 3.40. The van der Waals surface area contributed by atoms with Crippen LogP contribution < -0.4 is 28.6 Å². The number of nitrogens with zero attached hydrogens (tertiary/aromatic N) is 2. The normalized spacial score (nSPS) is 13.2. The monoisotopic (exact) mass is 755 g/mol. The zero-order valence-corrected chi connectivity index (χ0v) is 28.1. The van der Waals surface area contributed by atoms with Crippen LogP contribution in [0.5, 0.6) is 23.0 Å². The summed E-state index contributed by atoms with van der Waals surface area (Å²) in [5, 5.41) is -0.195. The molecule has 19 heteroatoms. The zero-order chi connectivity index (χ0) is 38.2. The minimum absolute atomic E-state index is 0.0378. The van der Waals surface area contributed by atoms with Gasteiger partial charge in [0.25, 0.3) is 11.7 Å². The third kappa shape index (κ3) is 7.98. The molecule has 0 spiro atoms. The van der Waals surface area contributed by atoms with Crippen molar-refractivity contribution in [3.63, 3.8) is 0 Å². The Kier molecular flexibility index (Phi) is 10.3. The van der Waals surface area contributed by atoms with Crippen LogP contribution >= 0.6 is 0 Å². The number of rotatable bonds is 12. The lowest BCUT2D eigenvalue weighted by Crippen LogP contribution is -2.37. The summed E-state index contributed by atoms with van der Waals surface area (Å²) in [6, 6.07) is 10.7. The number of methoxy groups -OCH3 is 2. The summed E-state index contributed by atoms with van der Waals surface area (Å²) in [6.07, 6.45) is -8.47. The highest BCUT2D eigenvalue weighted by Gasteiger charge is 2.40. The summed E-state index contributed by atoms with van der Waals surface area (Å²) < 4.78 is 127. The lowest BCUT2D eigenvalue weighted by Gasteiger charge is -2.19. The lowest BCUT2D eigenvalue weighted by atomic mass is 10.0. The van der Waals surface area contributed by atoms with Gasteiger partial charge in [0.1, 0.15) is 28.3 Å². The van der Waals surface area contributed by atoms with E-state index in [1.165, 1.54) is 75.9 Å². The van der Waals surface area contributed by atoms with Gasteiger partial charge in [0.15, 0.2) is 19.0 Å². The molecule has 4 aromatic rings. The molecule has 2 heterocycles. The topological polar surface area (TPSA) is 150 Å². The summed E-state index contributed by atoms with van der Waals surface area (Å²) in [5.41, 5.74) is -0.779. The molecule has 0 fully saturated rings. The van der Waals surface area contributed by atoms with Crippen molar-refractivity contribution in [2.75, 3.05) is 32.3 Å². The minimum atomic E-state index is -4.84. The molecular formula is C33H27F6N3O9S. The second kappa shape index (κ2) is 14.2. The fraction of sp³-hybridized carbons (Fsp3) is 0.273. The Labute approximate surface area is 291 Å². The fourth-order valence-corrected chi connectivity index (χ4v) is 6.66. The Morgan fingerprint density at radius 3 is 2.10 bits per heavy atom. The number of fused-ring (bicyclic) bond motifs is 2. The summed E-state index contributed by atoms with van der Waals surface area (Å²) in [6.45, 7) is -2.62. The number of pyridine rings is 1. The Morgan fingerprint density at radius 2 is 1.52 bits per heavy atom. The summed E-state index contributed by atoms with van der Waals surface area (Å²) in [5.74, 6) is -5.61. The van der Waals surface area contributed by atoms with Gasteiger partial charge < -0.3 is 23.8 Å². The van der Waals surface area contributed by atoms with E-state index >= 15 is 0 Å². The number of nitrogens with one attached hydrogen (secondary N) is 1. The number of amides is 2. The molecule has 1 aliphatic heterocycles. The first-order valence-corrected chi connectivity index (χ1v) is 16.5. The highest BCUT2D eigenvalue weighted by atomic mass is 32.2. The minimum Gasteiger partial charge on any atom is -0.496 e. The number of carbonyl (C=O) groups excluding carboxylic acids is 3. The molecule has 0 unspecified atom stereocenters. The maximum atomic E-state index is 13.9. The predicted octanol–water partition coefficient (Wildman–Crippen LogP) is 5.43. The van der Waals surface area contributed by atoms with E-state index in [1.54, 1.807) is 4.72 Å². The van der Waals surface area contributed by atoms with Crippen LogP contribution in [0.3, 0.4) is 0 Å². The number of ketones is 1. The van der Waals surface area contributed by atoms with Crippen LogP contribution in [0.4, 0.5) is 32.0 Å². The maximum absolute atomic E-state index is 13.9. The Morgan fingerprint density at radius 1 is 0.904 bits per heavy atom. The molecule has 0 atom stereocenters. The van der Waals surface area contributed by atoms with Crippen molar-refractivity contribution in [2.45, 2.75) is 31.6 Å². The molecule has 3 aromatic carbocycles. The van der Waals surface area contributed by atoms with Crippen molar-refractivity contribution in [3.05, 3.63) is 82.5 Å². The molecule has 0 radical (unpaired) electrons. The number of hydrogen-bond acceptors (Lipinski definition) is 10. The smallest absolute Gasteiger partial charge is 0.422 e. The number of Topliss-reactive ketones (excluding diaryl/α,β-unsaturated/α-hetero) is 1. The summed E-state index contributed by atoms with van der Waals surface area (Å²) in [7, 11) is -2.03. The van der Waals surface area contributed by atoms with Gasteiger partial charge in [0.05, 0.1) is 32.1 Å². The number of ether oxygens (including phenoxy) is 4. The van der Waals surface area contributed by atoms with E-state index in [0.717, 1.165) is 4.90 Å². The fourth-order valence-electron chi connectivity index (χ4n) is 5.59. The molecule has 0 saturated heterocycles. The number of hydrogen-bond donors (Lipinski definition) is 1. The highest BCUT2D eigenvalue weighted by molar-refractivity contribution is 7.89. The molecule has 12 nitrogen and oxygen atoms in total. The number of halogens is 6. The molecule has 1 aliphatic rings. The molecule has 0 saturated carbocycles. The van der Waals surface area contributed by atoms with Gasteiger partial charge in [-0.15, -0.1) is 0 Å². The van der Waals surface area contributed by atoms with E-state index < -0.39 is 82.5 Å². The van der Waals surface area contributed by atoms with Gasteiger partial charge in [-0.2, -0.15) is 26.3 Å². The highest BCUT2D eigenvalue weighted by Crippen LogP contribution is 2.46. The van der Waals surface area contributed by atoms with Gasteiger partial charge in [0, 0.05) is 22.8 Å². The van der Waals surface area contributed by atoms with E-state index in [1.807, 2.05) is 0 Å². The number of sulfonamides is 1. The predicted molar refractivity (Wildman–Crippen MR) is 171 cm³/mol. The lowest BCUT2D eigenvalue weighted by molar-refractivity contribution is -0.154. The number of alkyl halides is 6. The zero-order valence-electron chi connectivity index (χ0n) is 27.3. The molecule has 52 heavy (non-hydrogen) atoms. The van der Waals surface area contributed by atoms with Crippen molar-refractivity contribution in [1.29, 1.82) is 0 Å². The van der Waals surface area contributed by atoms with Gasteiger partial charge in [0.2, 0.25) is 10.0 Å². The second-order valence-electron chi connectivity index (χ2n) is 11.3. The van der Waals surface area contributed by atoms with Crippen molar-refractivity contribution >= 4 is 44.2 Å². The van der Waals surface area contributed by atoms with Gasteiger partial charge >= 0.3 is 18.3 Å². The molecule has 0 aliphatic carbocycles. The molecule has 276 valence electrons. The second-order valence-corrected chi connectivity index (χ2v) is 13.0. The van der Waals surface area contributed by atoms with Crippen molar-refractivity contribution in [2.24, 2.45) is 0 Å². The van der Waals surface area contributed by atoms with E-state index in [0.29, 0.717) is 0 Å². The number of benzene rings is 3. The van der Waals surface area contributed by atoms with Crippen LogP contribution in [-0.2, 0) is 27.1 Å². The summed E-state index contributed by atoms with van der Waals surface area (Å²) in [4.78, 5) is 44.6. The quantitative estimate of drug-likeness (QED) is 0.113. The van der Waals surface area contributed by atoms with Crippen molar-refractivity contribution in [3.8, 4) is 23.0 Å². The number of carbonyl (C=O) groups is 3. The Balaban J connectivity index is 1.44. The van der Waals surface area contributed by atoms with Crippen LogP contribution in [0.25, 0.3) is 10.9 Å². The van der Waals surface area contributed by atoms with Crippen molar-refractivity contribution in [1.82, 2.24) is 9.71 Å². The van der Waals surface area contributed by atoms with Crippen LogP contribution in [0.15, 0.2) is 54.7 Å². The van der Waals surface area contributed by atoms with Crippen LogP contribution in [0.1, 0.15) is 37.4 Å². The maximum Gasteiger partial charge on any atom is 0.422 e. The Bertz CT molecular complexity index is 2170. The van der Waals surface area contributed by atoms with Crippen LogP contribution in [0.2, 0.25) is 0 Å². The van der Waals surface area contributed by atoms with E-state index in [2.05, 4.69) is 4.98 Å². The molecule has 0 bridgehead atoms. The molecule has 2 amide bonds. The number of aryl methyl sites for hydroxylation is 1. The van der Waals surface area contributed by atoms with Gasteiger partial charge in [-0.25, -0.2) is 13.1 Å². The third-order valence-corrected chi connectivity index (χ3v) is 8.83. The SMILES string of the molecule is COc1cccc(OC)c1C(=O)C(=O)NS(=O)(=O)Cc1ccc(N2Cc3c(c(OCC(F)(F)F)c4cccnc4c3OCC(F)(F)F)C2=O)c(C)c1. The number of aromatic nitrogens is 1.